The maximum Gasteiger partial charge on any atom is 0.282 e. The molecule has 1 atom stereocenters. The number of benzene rings is 2. The third-order valence-electron chi connectivity index (χ3n) is 5.96. The molecule has 6 heteroatoms. The predicted octanol–water partition coefficient (Wildman–Crippen LogP) is 3.77. The second kappa shape index (κ2) is 9.17. The van der Waals surface area contributed by atoms with Crippen molar-refractivity contribution < 1.29 is 19.4 Å². The van der Waals surface area contributed by atoms with Gasteiger partial charge in [0, 0.05) is 19.7 Å². The van der Waals surface area contributed by atoms with Crippen molar-refractivity contribution in [3.63, 3.8) is 0 Å². The molecule has 0 aromatic heterocycles. The number of anilines is 1. The Bertz CT molecular complexity index is 1020. The fourth-order valence-corrected chi connectivity index (χ4v) is 4.39. The number of nitrogens with zero attached hydrogens (tertiary/aromatic N) is 2. The van der Waals surface area contributed by atoms with Crippen molar-refractivity contribution >= 4 is 23.1 Å². The zero-order valence-electron chi connectivity index (χ0n) is 18.9. The van der Waals surface area contributed by atoms with Crippen LogP contribution < -0.4 is 9.64 Å². The summed E-state index contributed by atoms with van der Waals surface area (Å²) < 4.78 is 5.70. The number of ether oxygens (including phenoxy) is 1. The Morgan fingerprint density at radius 3 is 2.34 bits per heavy atom. The number of rotatable bonds is 6. The van der Waals surface area contributed by atoms with E-state index in [4.69, 9.17) is 4.74 Å². The average Bonchev–Trinajstić information content (AvgIpc) is 3.04. The summed E-state index contributed by atoms with van der Waals surface area (Å²) >= 11 is 0. The first-order valence-corrected chi connectivity index (χ1v) is 11.2. The van der Waals surface area contributed by atoms with E-state index in [1.165, 1.54) is 4.90 Å². The molecule has 1 N–H and O–H groups in total. The normalized spacial score (nSPS) is 19.3. The second-order valence-electron chi connectivity index (χ2n) is 8.83. The van der Waals surface area contributed by atoms with Gasteiger partial charge in [-0.25, -0.2) is 4.90 Å². The summed E-state index contributed by atoms with van der Waals surface area (Å²) in [5.41, 5.74) is 3.20. The number of carbonyl (C=O) groups excluding carboxylic acids is 2. The van der Waals surface area contributed by atoms with Crippen molar-refractivity contribution in [2.75, 3.05) is 24.6 Å². The van der Waals surface area contributed by atoms with Gasteiger partial charge in [0.1, 0.15) is 11.4 Å². The van der Waals surface area contributed by atoms with Crippen LogP contribution in [0.5, 0.6) is 5.75 Å². The molecule has 1 saturated heterocycles. The fraction of sp³-hybridized carbons (Fsp3) is 0.385. The molecule has 1 fully saturated rings. The van der Waals surface area contributed by atoms with E-state index in [1.54, 1.807) is 24.3 Å². The molecule has 6 nitrogen and oxygen atoms in total. The maximum absolute atomic E-state index is 13.6. The summed E-state index contributed by atoms with van der Waals surface area (Å²) in [5.74, 6) is 0.149. The molecule has 0 spiro atoms. The van der Waals surface area contributed by atoms with Gasteiger partial charge >= 0.3 is 0 Å². The van der Waals surface area contributed by atoms with Gasteiger partial charge in [0.25, 0.3) is 11.8 Å². The van der Waals surface area contributed by atoms with E-state index in [1.807, 2.05) is 49.9 Å². The van der Waals surface area contributed by atoms with Crippen molar-refractivity contribution in [2.45, 2.75) is 39.7 Å². The van der Waals surface area contributed by atoms with Crippen LogP contribution in [0.25, 0.3) is 5.57 Å². The Balaban J connectivity index is 1.73. The van der Waals surface area contributed by atoms with Crippen molar-refractivity contribution in [1.29, 1.82) is 0 Å². The van der Waals surface area contributed by atoms with Crippen LogP contribution in [0.4, 0.5) is 5.69 Å². The summed E-state index contributed by atoms with van der Waals surface area (Å²) in [7, 11) is 0. The third-order valence-corrected chi connectivity index (χ3v) is 5.96. The van der Waals surface area contributed by atoms with Crippen LogP contribution in [-0.4, -0.2) is 47.6 Å². The molecule has 1 unspecified atom stereocenters. The van der Waals surface area contributed by atoms with E-state index in [9.17, 15) is 14.7 Å². The zero-order chi connectivity index (χ0) is 22.8. The van der Waals surface area contributed by atoms with Crippen molar-refractivity contribution in [3.8, 4) is 5.75 Å². The van der Waals surface area contributed by atoms with Crippen LogP contribution in [0.2, 0.25) is 0 Å². The number of aliphatic hydroxyl groups is 1. The summed E-state index contributed by atoms with van der Waals surface area (Å²) in [6, 6.07) is 14.7. The van der Waals surface area contributed by atoms with Gasteiger partial charge in [-0.3, -0.25) is 9.59 Å². The quantitative estimate of drug-likeness (QED) is 0.701. The van der Waals surface area contributed by atoms with E-state index in [-0.39, 0.29) is 30.4 Å². The number of amides is 2. The van der Waals surface area contributed by atoms with Gasteiger partial charge in [0.15, 0.2) is 0 Å². The minimum Gasteiger partial charge on any atom is -0.491 e. The molecule has 0 radical (unpaired) electrons. The van der Waals surface area contributed by atoms with E-state index in [2.05, 4.69) is 0 Å². The number of likely N-dealkylation sites (tertiary alicyclic amines) is 1. The fourth-order valence-electron chi connectivity index (χ4n) is 4.39. The Morgan fingerprint density at radius 2 is 1.72 bits per heavy atom. The van der Waals surface area contributed by atoms with Gasteiger partial charge < -0.3 is 14.7 Å². The van der Waals surface area contributed by atoms with Crippen molar-refractivity contribution in [2.24, 2.45) is 5.92 Å². The lowest BCUT2D eigenvalue weighted by Gasteiger charge is -2.34. The first-order valence-electron chi connectivity index (χ1n) is 11.2. The second-order valence-corrected chi connectivity index (χ2v) is 8.83. The summed E-state index contributed by atoms with van der Waals surface area (Å²) in [6.07, 6.45) is 1.83. The standard InChI is InChI=1S/C26H30N2O4/c1-17(2)32-22-12-10-21(11-13-22)28-25(30)23(20-8-6-18(3)7-9-20)24(26(28)31)27-14-4-5-19(15-27)16-29/h6-13,17,19,29H,4-5,14-16H2,1-3H3. The highest BCUT2D eigenvalue weighted by molar-refractivity contribution is 6.45. The molecule has 0 aliphatic carbocycles. The lowest BCUT2D eigenvalue weighted by molar-refractivity contribution is -0.120. The highest BCUT2D eigenvalue weighted by atomic mass is 16.5. The van der Waals surface area contributed by atoms with Gasteiger partial charge in [-0.2, -0.15) is 0 Å². The minimum atomic E-state index is -0.322. The number of hydrogen-bond donors (Lipinski definition) is 1. The molecular weight excluding hydrogens is 404 g/mol. The van der Waals surface area contributed by atoms with E-state index in [0.717, 1.165) is 24.0 Å². The number of aliphatic hydroxyl groups excluding tert-OH is 1. The molecule has 0 saturated carbocycles. The molecule has 2 amide bonds. The van der Waals surface area contributed by atoms with Gasteiger partial charge in [-0.1, -0.05) is 29.8 Å². The Labute approximate surface area is 189 Å². The Hall–Kier alpha value is -3.12. The molecule has 32 heavy (non-hydrogen) atoms. The summed E-state index contributed by atoms with van der Waals surface area (Å²) in [5, 5.41) is 9.68. The van der Waals surface area contributed by atoms with Crippen molar-refractivity contribution in [1.82, 2.24) is 4.90 Å². The van der Waals surface area contributed by atoms with E-state index in [0.29, 0.717) is 35.8 Å². The smallest absolute Gasteiger partial charge is 0.282 e. The molecule has 2 aromatic rings. The van der Waals surface area contributed by atoms with Crippen LogP contribution in [0, 0.1) is 12.8 Å². The van der Waals surface area contributed by atoms with Gasteiger partial charge in [0.2, 0.25) is 0 Å². The van der Waals surface area contributed by atoms with Crippen molar-refractivity contribution in [3.05, 3.63) is 65.4 Å². The molecule has 4 rings (SSSR count). The average molecular weight is 435 g/mol. The van der Waals surface area contributed by atoms with Crippen LogP contribution in [0.1, 0.15) is 37.8 Å². The van der Waals surface area contributed by atoms with Gasteiger partial charge in [-0.15, -0.1) is 0 Å². The molecule has 2 aromatic carbocycles. The zero-order valence-corrected chi connectivity index (χ0v) is 18.9. The van der Waals surface area contributed by atoms with Gasteiger partial charge in [0.05, 0.1) is 17.4 Å². The molecule has 0 bridgehead atoms. The number of imide groups is 1. The molecule has 2 heterocycles. The van der Waals surface area contributed by atoms with Crippen LogP contribution in [0.3, 0.4) is 0 Å². The first-order chi connectivity index (χ1) is 15.4. The highest BCUT2D eigenvalue weighted by Crippen LogP contribution is 2.37. The lowest BCUT2D eigenvalue weighted by atomic mass is 9.96. The third kappa shape index (κ3) is 4.28. The summed E-state index contributed by atoms with van der Waals surface area (Å²) in [6.45, 7) is 7.22. The lowest BCUT2D eigenvalue weighted by Crippen LogP contribution is -2.40. The minimum absolute atomic E-state index is 0.0379. The van der Waals surface area contributed by atoms with E-state index < -0.39 is 0 Å². The summed E-state index contributed by atoms with van der Waals surface area (Å²) in [4.78, 5) is 30.5. The first kappa shape index (κ1) is 22.1. The number of aryl methyl sites for hydroxylation is 1. The van der Waals surface area contributed by atoms with Gasteiger partial charge in [-0.05, 0) is 69.4 Å². The van der Waals surface area contributed by atoms with Crippen LogP contribution >= 0.6 is 0 Å². The largest absolute Gasteiger partial charge is 0.491 e. The highest BCUT2D eigenvalue weighted by Gasteiger charge is 2.43. The van der Waals surface area contributed by atoms with E-state index >= 15 is 0 Å². The Morgan fingerprint density at radius 1 is 1.03 bits per heavy atom. The topological polar surface area (TPSA) is 70.1 Å². The molecule has 168 valence electrons. The van der Waals surface area contributed by atoms with Crippen LogP contribution in [-0.2, 0) is 9.59 Å². The predicted molar refractivity (Wildman–Crippen MR) is 124 cm³/mol. The number of hydrogen-bond acceptors (Lipinski definition) is 5. The number of carbonyl (C=O) groups is 2. The molecule has 2 aliphatic heterocycles. The maximum atomic E-state index is 13.6. The molecular formula is C26H30N2O4. The SMILES string of the molecule is Cc1ccc(C2=C(N3CCCC(CO)C3)C(=O)N(c3ccc(OC(C)C)cc3)C2=O)cc1. The van der Waals surface area contributed by atoms with Crippen LogP contribution in [0.15, 0.2) is 54.2 Å². The number of piperidine rings is 1. The monoisotopic (exact) mass is 434 g/mol. The Kier molecular flexibility index (Phi) is 6.33. The molecule has 2 aliphatic rings.